The molecular formula is C16H25BrN2. The molecule has 0 bridgehead atoms. The predicted octanol–water partition coefficient (Wildman–Crippen LogP) is 4.04. The summed E-state index contributed by atoms with van der Waals surface area (Å²) < 4.78 is 1.22. The van der Waals surface area contributed by atoms with E-state index in [1.807, 2.05) is 0 Å². The Morgan fingerprint density at radius 2 is 2.11 bits per heavy atom. The Morgan fingerprint density at radius 3 is 2.74 bits per heavy atom. The zero-order valence-corrected chi connectivity index (χ0v) is 13.8. The largest absolute Gasteiger partial charge is 0.371 e. The number of anilines is 1. The smallest absolute Gasteiger partial charge is 0.0377 e. The number of piperidine rings is 1. The number of nitrogens with one attached hydrogen (secondary N) is 1. The molecule has 1 saturated heterocycles. The third kappa shape index (κ3) is 3.73. The second-order valence-electron chi connectivity index (χ2n) is 5.75. The summed E-state index contributed by atoms with van der Waals surface area (Å²) in [5.74, 6) is 1.64. The van der Waals surface area contributed by atoms with Crippen LogP contribution in [0, 0.1) is 11.8 Å². The highest BCUT2D eigenvalue weighted by molar-refractivity contribution is 9.10. The van der Waals surface area contributed by atoms with E-state index in [0.29, 0.717) is 0 Å². The van der Waals surface area contributed by atoms with Crippen molar-refractivity contribution in [2.24, 2.45) is 11.8 Å². The van der Waals surface area contributed by atoms with Gasteiger partial charge in [0.1, 0.15) is 0 Å². The number of nitrogens with zero attached hydrogens (tertiary/aromatic N) is 1. The summed E-state index contributed by atoms with van der Waals surface area (Å²) in [4.78, 5) is 2.52. The lowest BCUT2D eigenvalue weighted by Gasteiger charge is -2.37. The quantitative estimate of drug-likeness (QED) is 0.899. The van der Waals surface area contributed by atoms with Gasteiger partial charge >= 0.3 is 0 Å². The molecule has 0 aromatic heterocycles. The number of halogens is 1. The first-order chi connectivity index (χ1) is 9.11. The van der Waals surface area contributed by atoms with Gasteiger partial charge in [-0.3, -0.25) is 0 Å². The summed E-state index contributed by atoms with van der Waals surface area (Å²) in [6.07, 6.45) is 1.30. The van der Waals surface area contributed by atoms with E-state index in [9.17, 15) is 0 Å². The molecule has 2 atom stereocenters. The molecule has 2 nitrogen and oxygen atoms in total. The van der Waals surface area contributed by atoms with Gasteiger partial charge in [-0.1, -0.05) is 42.8 Å². The van der Waals surface area contributed by atoms with Gasteiger partial charge in [0.25, 0.3) is 0 Å². The molecule has 0 spiro atoms. The van der Waals surface area contributed by atoms with Gasteiger partial charge in [-0.2, -0.15) is 0 Å². The molecule has 3 heteroatoms. The van der Waals surface area contributed by atoms with E-state index in [4.69, 9.17) is 0 Å². The molecule has 19 heavy (non-hydrogen) atoms. The molecule has 1 fully saturated rings. The van der Waals surface area contributed by atoms with Crippen molar-refractivity contribution in [3.05, 3.63) is 28.2 Å². The molecule has 1 aliphatic heterocycles. The van der Waals surface area contributed by atoms with Gasteiger partial charge in [-0.15, -0.1) is 0 Å². The van der Waals surface area contributed by atoms with Crippen LogP contribution in [0.2, 0.25) is 0 Å². The highest BCUT2D eigenvalue weighted by atomic mass is 79.9. The van der Waals surface area contributed by atoms with Crippen molar-refractivity contribution in [1.29, 1.82) is 0 Å². The Labute approximate surface area is 125 Å². The summed E-state index contributed by atoms with van der Waals surface area (Å²) >= 11 is 3.70. The average Bonchev–Trinajstić information content (AvgIpc) is 2.40. The van der Waals surface area contributed by atoms with E-state index in [-0.39, 0.29) is 0 Å². The zero-order valence-electron chi connectivity index (χ0n) is 12.2. The van der Waals surface area contributed by atoms with Gasteiger partial charge in [-0.05, 0) is 42.5 Å². The second-order valence-corrected chi connectivity index (χ2v) is 6.60. The highest BCUT2D eigenvalue weighted by Crippen LogP contribution is 2.29. The van der Waals surface area contributed by atoms with E-state index in [0.717, 1.165) is 24.9 Å². The molecule has 1 aliphatic rings. The maximum atomic E-state index is 3.70. The van der Waals surface area contributed by atoms with Crippen molar-refractivity contribution >= 4 is 21.6 Å². The number of hydrogen-bond donors (Lipinski definition) is 1. The van der Waals surface area contributed by atoms with Crippen LogP contribution in [-0.2, 0) is 6.54 Å². The van der Waals surface area contributed by atoms with Crippen molar-refractivity contribution in [3.8, 4) is 0 Å². The van der Waals surface area contributed by atoms with E-state index in [1.165, 1.54) is 35.2 Å². The lowest BCUT2D eigenvalue weighted by atomic mass is 9.88. The Hall–Kier alpha value is -0.540. The van der Waals surface area contributed by atoms with Crippen LogP contribution in [-0.4, -0.2) is 19.6 Å². The second kappa shape index (κ2) is 6.76. The third-order valence-corrected chi connectivity index (χ3v) is 5.04. The lowest BCUT2D eigenvalue weighted by molar-refractivity contribution is 0.324. The molecule has 0 radical (unpaired) electrons. The van der Waals surface area contributed by atoms with E-state index >= 15 is 0 Å². The molecule has 2 unspecified atom stereocenters. The molecule has 1 heterocycles. The van der Waals surface area contributed by atoms with Gasteiger partial charge in [0, 0.05) is 29.8 Å². The lowest BCUT2D eigenvalue weighted by Crippen LogP contribution is -2.38. The fourth-order valence-electron chi connectivity index (χ4n) is 2.63. The minimum Gasteiger partial charge on any atom is -0.371 e. The third-order valence-electron chi connectivity index (χ3n) is 4.30. The minimum absolute atomic E-state index is 0.786. The zero-order chi connectivity index (χ0) is 13.8. The maximum Gasteiger partial charge on any atom is 0.0377 e. The van der Waals surface area contributed by atoms with Crippen LogP contribution in [0.15, 0.2) is 22.7 Å². The SMILES string of the molecule is CCNCc1ccc(N2CCC(C)C(C)C2)cc1Br. The first kappa shape index (κ1) is 14.9. The van der Waals surface area contributed by atoms with Crippen molar-refractivity contribution in [2.45, 2.75) is 33.7 Å². The Bertz CT molecular complexity index is 419. The van der Waals surface area contributed by atoms with Gasteiger partial charge in [0.05, 0.1) is 0 Å². The Balaban J connectivity index is 2.07. The average molecular weight is 325 g/mol. The Morgan fingerprint density at radius 1 is 1.32 bits per heavy atom. The summed E-state index contributed by atoms with van der Waals surface area (Å²) in [6, 6.07) is 6.78. The van der Waals surface area contributed by atoms with Crippen LogP contribution in [0.1, 0.15) is 32.8 Å². The fourth-order valence-corrected chi connectivity index (χ4v) is 3.14. The molecule has 1 aromatic carbocycles. The molecule has 1 N–H and O–H groups in total. The topological polar surface area (TPSA) is 15.3 Å². The van der Waals surface area contributed by atoms with Crippen molar-refractivity contribution in [3.63, 3.8) is 0 Å². The van der Waals surface area contributed by atoms with E-state index in [2.05, 4.69) is 65.1 Å². The van der Waals surface area contributed by atoms with Crippen molar-refractivity contribution in [1.82, 2.24) is 5.32 Å². The predicted molar refractivity (Wildman–Crippen MR) is 86.7 cm³/mol. The molecule has 106 valence electrons. The van der Waals surface area contributed by atoms with Crippen LogP contribution in [0.5, 0.6) is 0 Å². The van der Waals surface area contributed by atoms with E-state index in [1.54, 1.807) is 0 Å². The molecule has 0 aliphatic carbocycles. The standard InChI is InChI=1S/C16H25BrN2/c1-4-18-10-14-5-6-15(9-16(14)17)19-8-7-12(2)13(3)11-19/h5-6,9,12-13,18H,4,7-8,10-11H2,1-3H3. The van der Waals surface area contributed by atoms with E-state index < -0.39 is 0 Å². The summed E-state index contributed by atoms with van der Waals surface area (Å²) in [5.41, 5.74) is 2.69. The fraction of sp³-hybridized carbons (Fsp3) is 0.625. The van der Waals surface area contributed by atoms with Crippen molar-refractivity contribution in [2.75, 3.05) is 24.5 Å². The number of hydrogen-bond acceptors (Lipinski definition) is 2. The van der Waals surface area contributed by atoms with Crippen molar-refractivity contribution < 1.29 is 0 Å². The summed E-state index contributed by atoms with van der Waals surface area (Å²) in [5, 5.41) is 3.37. The Kier molecular flexibility index (Phi) is 5.28. The molecule has 0 saturated carbocycles. The molecule has 2 rings (SSSR count). The summed E-state index contributed by atoms with van der Waals surface area (Å²) in [7, 11) is 0. The first-order valence-electron chi connectivity index (χ1n) is 7.36. The van der Waals surface area contributed by atoms with Crippen LogP contribution in [0.25, 0.3) is 0 Å². The van der Waals surface area contributed by atoms with Crippen LogP contribution < -0.4 is 10.2 Å². The van der Waals surface area contributed by atoms with Gasteiger partial charge in [0.2, 0.25) is 0 Å². The van der Waals surface area contributed by atoms with Crippen LogP contribution >= 0.6 is 15.9 Å². The minimum atomic E-state index is 0.786. The van der Waals surface area contributed by atoms with Crippen LogP contribution in [0.3, 0.4) is 0 Å². The molecule has 1 aromatic rings. The number of rotatable bonds is 4. The maximum absolute atomic E-state index is 3.70. The molecular weight excluding hydrogens is 300 g/mol. The first-order valence-corrected chi connectivity index (χ1v) is 8.15. The van der Waals surface area contributed by atoms with Gasteiger partial charge in [0.15, 0.2) is 0 Å². The highest BCUT2D eigenvalue weighted by Gasteiger charge is 2.22. The van der Waals surface area contributed by atoms with Crippen LogP contribution in [0.4, 0.5) is 5.69 Å². The summed E-state index contributed by atoms with van der Waals surface area (Å²) in [6.45, 7) is 11.2. The monoisotopic (exact) mass is 324 g/mol. The van der Waals surface area contributed by atoms with Gasteiger partial charge < -0.3 is 10.2 Å². The normalized spacial score (nSPS) is 23.7. The molecule has 0 amide bonds. The number of benzene rings is 1. The van der Waals surface area contributed by atoms with Gasteiger partial charge in [-0.25, -0.2) is 0 Å².